The quantitative estimate of drug-likeness (QED) is 0.521. The van der Waals surface area contributed by atoms with Gasteiger partial charge in [0, 0.05) is 16.5 Å². The minimum atomic E-state index is -0.612. The lowest BCUT2D eigenvalue weighted by Gasteiger charge is -2.11. The van der Waals surface area contributed by atoms with Crippen molar-refractivity contribution in [1.82, 2.24) is 15.8 Å². The zero-order valence-electron chi connectivity index (χ0n) is 15.2. The second-order valence-electron chi connectivity index (χ2n) is 6.36. The number of hydrogen-bond acceptors (Lipinski definition) is 3. The predicted octanol–water partition coefficient (Wildman–Crippen LogP) is 4.12. The first kappa shape index (κ1) is 18.3. The molecule has 2 amide bonds. The van der Waals surface area contributed by atoms with Crippen molar-refractivity contribution in [2.45, 2.75) is 0 Å². The summed E-state index contributed by atoms with van der Waals surface area (Å²) in [6.45, 7) is 0. The number of carbonyl (C=O) groups excluding carboxylic acids is 2. The van der Waals surface area contributed by atoms with E-state index in [0.717, 1.165) is 11.6 Å². The topological polar surface area (TPSA) is 71.1 Å². The van der Waals surface area contributed by atoms with Crippen molar-refractivity contribution in [1.29, 1.82) is 0 Å². The highest BCUT2D eigenvalue weighted by molar-refractivity contribution is 6.08. The van der Waals surface area contributed by atoms with Crippen molar-refractivity contribution in [3.63, 3.8) is 0 Å². The van der Waals surface area contributed by atoms with Gasteiger partial charge in [0.05, 0.1) is 16.8 Å². The summed E-state index contributed by atoms with van der Waals surface area (Å²) in [5, 5.41) is 0.657. The molecule has 0 bridgehead atoms. The van der Waals surface area contributed by atoms with Crippen molar-refractivity contribution < 1.29 is 14.0 Å². The number of para-hydroxylation sites is 1. The minimum absolute atomic E-state index is 0.106. The van der Waals surface area contributed by atoms with Crippen LogP contribution in [0.1, 0.15) is 20.7 Å². The Morgan fingerprint density at radius 3 is 2.28 bits per heavy atom. The highest BCUT2D eigenvalue weighted by Gasteiger charge is 2.15. The van der Waals surface area contributed by atoms with Crippen LogP contribution >= 0.6 is 0 Å². The summed E-state index contributed by atoms with van der Waals surface area (Å²) in [5.74, 6) is -1.64. The Labute approximate surface area is 166 Å². The minimum Gasteiger partial charge on any atom is -0.267 e. The molecule has 0 aliphatic rings. The Bertz CT molecular complexity index is 1210. The van der Waals surface area contributed by atoms with E-state index in [1.807, 2.05) is 48.5 Å². The lowest BCUT2D eigenvalue weighted by atomic mass is 10.0. The molecule has 3 aromatic carbocycles. The van der Waals surface area contributed by atoms with Crippen LogP contribution in [-0.4, -0.2) is 16.8 Å². The first-order valence-corrected chi connectivity index (χ1v) is 8.93. The molecule has 29 heavy (non-hydrogen) atoms. The van der Waals surface area contributed by atoms with E-state index in [9.17, 15) is 14.0 Å². The molecule has 142 valence electrons. The van der Waals surface area contributed by atoms with Crippen LogP contribution in [0, 0.1) is 5.82 Å². The number of aromatic nitrogens is 1. The number of hydrogen-bond donors (Lipinski definition) is 2. The van der Waals surface area contributed by atoms with Gasteiger partial charge in [-0.1, -0.05) is 54.6 Å². The Balaban J connectivity index is 1.64. The second-order valence-corrected chi connectivity index (χ2v) is 6.36. The van der Waals surface area contributed by atoms with E-state index in [1.165, 1.54) is 18.2 Å². The molecule has 0 saturated heterocycles. The fraction of sp³-hybridized carbons (Fsp3) is 0. The molecule has 0 atom stereocenters. The van der Waals surface area contributed by atoms with Crippen molar-refractivity contribution >= 4 is 22.7 Å². The third-order valence-electron chi connectivity index (χ3n) is 4.41. The van der Waals surface area contributed by atoms with Gasteiger partial charge < -0.3 is 0 Å². The number of halogens is 1. The number of rotatable bonds is 3. The summed E-state index contributed by atoms with van der Waals surface area (Å²) in [7, 11) is 0. The zero-order valence-corrected chi connectivity index (χ0v) is 15.2. The Morgan fingerprint density at radius 1 is 0.759 bits per heavy atom. The molecule has 4 rings (SSSR count). The molecule has 2 N–H and O–H groups in total. The van der Waals surface area contributed by atoms with Crippen LogP contribution in [0.4, 0.5) is 4.39 Å². The molecular formula is C23H16FN3O2. The van der Waals surface area contributed by atoms with Crippen LogP contribution in [0.2, 0.25) is 0 Å². The lowest BCUT2D eigenvalue weighted by molar-refractivity contribution is 0.0847. The molecular weight excluding hydrogens is 369 g/mol. The fourth-order valence-corrected chi connectivity index (χ4v) is 3.00. The lowest BCUT2D eigenvalue weighted by Crippen LogP contribution is -2.41. The molecule has 1 heterocycles. The summed E-state index contributed by atoms with van der Waals surface area (Å²) >= 11 is 0. The van der Waals surface area contributed by atoms with E-state index in [-0.39, 0.29) is 5.56 Å². The fourth-order valence-electron chi connectivity index (χ4n) is 3.00. The Hall–Kier alpha value is -4.06. The van der Waals surface area contributed by atoms with Crippen LogP contribution in [0.15, 0.2) is 84.9 Å². The van der Waals surface area contributed by atoms with Crippen LogP contribution in [0.3, 0.4) is 0 Å². The number of nitrogens with zero attached hydrogens (tertiary/aromatic N) is 1. The van der Waals surface area contributed by atoms with E-state index >= 15 is 0 Å². The summed E-state index contributed by atoms with van der Waals surface area (Å²) in [5.41, 5.74) is 7.38. The third kappa shape index (κ3) is 3.96. The predicted molar refractivity (Wildman–Crippen MR) is 109 cm³/mol. The van der Waals surface area contributed by atoms with E-state index in [0.29, 0.717) is 22.2 Å². The van der Waals surface area contributed by atoms with Gasteiger partial charge in [0.2, 0.25) is 0 Å². The number of benzene rings is 3. The summed E-state index contributed by atoms with van der Waals surface area (Å²) in [6, 6.07) is 23.7. The van der Waals surface area contributed by atoms with Gasteiger partial charge in [0.15, 0.2) is 0 Å². The normalized spacial score (nSPS) is 10.5. The molecule has 6 heteroatoms. The molecule has 4 aromatic rings. The van der Waals surface area contributed by atoms with Gasteiger partial charge in [-0.2, -0.15) is 0 Å². The van der Waals surface area contributed by atoms with E-state index in [2.05, 4.69) is 15.8 Å². The molecule has 0 aliphatic carbocycles. The largest absolute Gasteiger partial charge is 0.270 e. The molecule has 1 aromatic heterocycles. The van der Waals surface area contributed by atoms with Gasteiger partial charge in [-0.15, -0.1) is 0 Å². The van der Waals surface area contributed by atoms with Gasteiger partial charge in [0.1, 0.15) is 5.82 Å². The van der Waals surface area contributed by atoms with Crippen LogP contribution in [0.5, 0.6) is 0 Å². The molecule has 0 fully saturated rings. The van der Waals surface area contributed by atoms with Crippen molar-refractivity contribution in [3.05, 3.63) is 102 Å². The van der Waals surface area contributed by atoms with Gasteiger partial charge in [0.25, 0.3) is 11.8 Å². The number of carbonyl (C=O) groups is 2. The van der Waals surface area contributed by atoms with Crippen molar-refractivity contribution in [3.8, 4) is 11.3 Å². The van der Waals surface area contributed by atoms with Crippen molar-refractivity contribution in [2.75, 3.05) is 0 Å². The van der Waals surface area contributed by atoms with Gasteiger partial charge in [-0.25, -0.2) is 9.37 Å². The maximum atomic E-state index is 13.3. The first-order chi connectivity index (χ1) is 14.1. The van der Waals surface area contributed by atoms with Gasteiger partial charge >= 0.3 is 0 Å². The number of amides is 2. The van der Waals surface area contributed by atoms with E-state index in [1.54, 1.807) is 12.1 Å². The summed E-state index contributed by atoms with van der Waals surface area (Å²) < 4.78 is 13.3. The highest BCUT2D eigenvalue weighted by Crippen LogP contribution is 2.24. The highest BCUT2D eigenvalue weighted by atomic mass is 19.1. The van der Waals surface area contributed by atoms with Gasteiger partial charge in [-0.3, -0.25) is 20.4 Å². The number of hydrazine groups is 1. The Kier molecular flexibility index (Phi) is 4.99. The molecule has 0 aliphatic heterocycles. The Morgan fingerprint density at radius 2 is 1.48 bits per heavy atom. The average molecular weight is 385 g/mol. The third-order valence-corrected chi connectivity index (χ3v) is 4.41. The van der Waals surface area contributed by atoms with Crippen LogP contribution in [0.25, 0.3) is 22.2 Å². The molecule has 5 nitrogen and oxygen atoms in total. The van der Waals surface area contributed by atoms with Crippen LogP contribution < -0.4 is 10.9 Å². The zero-order chi connectivity index (χ0) is 20.2. The summed E-state index contributed by atoms with van der Waals surface area (Å²) in [4.78, 5) is 29.6. The molecule has 0 spiro atoms. The van der Waals surface area contributed by atoms with Crippen molar-refractivity contribution in [2.24, 2.45) is 0 Å². The van der Waals surface area contributed by atoms with Crippen LogP contribution in [-0.2, 0) is 0 Å². The van der Waals surface area contributed by atoms with E-state index < -0.39 is 17.6 Å². The molecule has 0 radical (unpaired) electrons. The average Bonchev–Trinajstić information content (AvgIpc) is 2.77. The maximum Gasteiger partial charge on any atom is 0.270 e. The number of pyridine rings is 1. The SMILES string of the molecule is O=C(NNC(=O)c1cc(-c2ccccc2)nc2ccccc12)c1cccc(F)c1. The van der Waals surface area contributed by atoms with Gasteiger partial charge in [-0.05, 0) is 30.3 Å². The molecule has 0 saturated carbocycles. The summed E-state index contributed by atoms with van der Waals surface area (Å²) in [6.07, 6.45) is 0. The molecule has 0 unspecified atom stereocenters. The number of fused-ring (bicyclic) bond motifs is 1. The second kappa shape index (κ2) is 7.90. The first-order valence-electron chi connectivity index (χ1n) is 8.93. The standard InChI is InChI=1S/C23H16FN3O2/c24-17-10-6-9-16(13-17)22(28)26-27-23(29)19-14-21(15-7-2-1-3-8-15)25-20-12-5-4-11-18(19)20/h1-14H,(H,26,28)(H,27,29). The maximum absolute atomic E-state index is 13.3. The number of nitrogens with one attached hydrogen (secondary N) is 2. The van der Waals surface area contributed by atoms with E-state index in [4.69, 9.17) is 0 Å². The smallest absolute Gasteiger partial charge is 0.267 e. The monoisotopic (exact) mass is 385 g/mol.